The van der Waals surface area contributed by atoms with Crippen LogP contribution in [0.25, 0.3) is 0 Å². The lowest BCUT2D eigenvalue weighted by Crippen LogP contribution is -2.25. The number of aryl methyl sites for hydroxylation is 1. The van der Waals surface area contributed by atoms with Crippen LogP contribution in [-0.4, -0.2) is 27.3 Å². The Hall–Kier alpha value is -1.30. The highest BCUT2D eigenvalue weighted by Gasteiger charge is 2.16. The zero-order chi connectivity index (χ0) is 13.1. The van der Waals surface area contributed by atoms with E-state index in [-0.39, 0.29) is 11.7 Å². The third-order valence-electron chi connectivity index (χ3n) is 1.59. The van der Waals surface area contributed by atoms with Crippen LogP contribution in [0.1, 0.15) is 26.5 Å². The Kier molecular flexibility index (Phi) is 4.34. The number of carbonyl (C=O) groups is 1. The highest BCUT2D eigenvalue weighted by Crippen LogP contribution is 2.16. The molecule has 6 heteroatoms. The van der Waals surface area contributed by atoms with Gasteiger partial charge in [-0.1, -0.05) is 11.8 Å². The minimum Gasteiger partial charge on any atom is -0.459 e. The van der Waals surface area contributed by atoms with E-state index in [9.17, 15) is 4.79 Å². The summed E-state index contributed by atoms with van der Waals surface area (Å²) >= 11 is 1.22. The summed E-state index contributed by atoms with van der Waals surface area (Å²) in [6.45, 7) is 7.32. The van der Waals surface area contributed by atoms with Crippen molar-refractivity contribution >= 4 is 23.5 Å². The Morgan fingerprint density at radius 1 is 1.47 bits per heavy atom. The van der Waals surface area contributed by atoms with Crippen molar-refractivity contribution in [2.45, 2.75) is 38.5 Å². The van der Waals surface area contributed by atoms with E-state index in [0.29, 0.717) is 11.0 Å². The van der Waals surface area contributed by atoms with E-state index in [0.717, 1.165) is 5.69 Å². The second-order valence-electron chi connectivity index (χ2n) is 4.59. The molecule has 0 aliphatic rings. The standard InChI is InChI=1S/C11H17N3O2S/c1-7-5-8(12)14-10(13-7)17-6-9(15)16-11(2,3)4/h5H,6H2,1-4H3,(H2,12,13,14). The van der Waals surface area contributed by atoms with Crippen LogP contribution in [-0.2, 0) is 9.53 Å². The molecule has 0 atom stereocenters. The first kappa shape index (κ1) is 13.8. The molecule has 5 nitrogen and oxygen atoms in total. The molecule has 0 fully saturated rings. The van der Waals surface area contributed by atoms with Gasteiger partial charge in [-0.2, -0.15) is 0 Å². The van der Waals surface area contributed by atoms with Crippen LogP contribution in [0.3, 0.4) is 0 Å². The third-order valence-corrected chi connectivity index (χ3v) is 2.41. The second-order valence-corrected chi connectivity index (χ2v) is 5.53. The first-order valence-corrected chi connectivity index (χ1v) is 6.20. The number of rotatable bonds is 3. The van der Waals surface area contributed by atoms with E-state index in [4.69, 9.17) is 10.5 Å². The Bertz CT molecular complexity index is 395. The first-order valence-electron chi connectivity index (χ1n) is 5.22. The van der Waals surface area contributed by atoms with Crippen LogP contribution in [0.15, 0.2) is 11.2 Å². The van der Waals surface area contributed by atoms with Crippen molar-refractivity contribution in [1.29, 1.82) is 0 Å². The van der Waals surface area contributed by atoms with Crippen molar-refractivity contribution in [3.63, 3.8) is 0 Å². The number of nitrogen functional groups attached to an aromatic ring is 1. The van der Waals surface area contributed by atoms with Gasteiger partial charge in [-0.25, -0.2) is 9.97 Å². The van der Waals surface area contributed by atoms with E-state index < -0.39 is 5.60 Å². The fourth-order valence-corrected chi connectivity index (χ4v) is 1.81. The minimum atomic E-state index is -0.468. The van der Waals surface area contributed by atoms with Gasteiger partial charge in [0.1, 0.15) is 11.4 Å². The van der Waals surface area contributed by atoms with Gasteiger partial charge in [-0.15, -0.1) is 0 Å². The van der Waals surface area contributed by atoms with Gasteiger partial charge in [0.05, 0.1) is 5.75 Å². The molecule has 0 radical (unpaired) electrons. The molecule has 0 amide bonds. The van der Waals surface area contributed by atoms with Crippen molar-refractivity contribution in [3.05, 3.63) is 11.8 Å². The number of carbonyl (C=O) groups excluding carboxylic acids is 1. The summed E-state index contributed by atoms with van der Waals surface area (Å²) in [4.78, 5) is 19.7. The van der Waals surface area contributed by atoms with Crippen molar-refractivity contribution in [2.24, 2.45) is 0 Å². The van der Waals surface area contributed by atoms with Crippen LogP contribution < -0.4 is 5.73 Å². The Morgan fingerprint density at radius 3 is 2.65 bits per heavy atom. The van der Waals surface area contributed by atoms with Crippen molar-refractivity contribution in [1.82, 2.24) is 9.97 Å². The Morgan fingerprint density at radius 2 is 2.12 bits per heavy atom. The highest BCUT2D eigenvalue weighted by molar-refractivity contribution is 7.99. The molecule has 0 aliphatic carbocycles. The smallest absolute Gasteiger partial charge is 0.316 e. The molecule has 0 aromatic carbocycles. The summed E-state index contributed by atoms with van der Waals surface area (Å²) in [6.07, 6.45) is 0. The number of esters is 1. The molecule has 17 heavy (non-hydrogen) atoms. The van der Waals surface area contributed by atoms with E-state index >= 15 is 0 Å². The van der Waals surface area contributed by atoms with Gasteiger partial charge < -0.3 is 10.5 Å². The van der Waals surface area contributed by atoms with E-state index in [1.807, 2.05) is 27.7 Å². The maximum atomic E-state index is 11.5. The van der Waals surface area contributed by atoms with Gasteiger partial charge in [0.15, 0.2) is 5.16 Å². The number of hydrogen-bond acceptors (Lipinski definition) is 6. The number of hydrogen-bond donors (Lipinski definition) is 1. The van der Waals surface area contributed by atoms with Gasteiger partial charge in [-0.3, -0.25) is 4.79 Å². The lowest BCUT2D eigenvalue weighted by Gasteiger charge is -2.19. The molecule has 0 spiro atoms. The van der Waals surface area contributed by atoms with Gasteiger partial charge in [-0.05, 0) is 27.7 Å². The normalized spacial score (nSPS) is 11.3. The molecule has 1 aromatic rings. The summed E-state index contributed by atoms with van der Waals surface area (Å²) in [6, 6.07) is 1.68. The number of aromatic nitrogens is 2. The third kappa shape index (κ3) is 5.53. The van der Waals surface area contributed by atoms with Crippen LogP contribution in [0, 0.1) is 6.92 Å². The molecule has 0 saturated heterocycles. The van der Waals surface area contributed by atoms with E-state index in [2.05, 4.69) is 9.97 Å². The predicted molar refractivity (Wildman–Crippen MR) is 67.8 cm³/mol. The van der Waals surface area contributed by atoms with Gasteiger partial charge >= 0.3 is 5.97 Å². The Labute approximate surface area is 105 Å². The fourth-order valence-electron chi connectivity index (χ4n) is 1.12. The lowest BCUT2D eigenvalue weighted by molar-refractivity contribution is -0.151. The predicted octanol–water partition coefficient (Wildman–Crippen LogP) is 1.80. The summed E-state index contributed by atoms with van der Waals surface area (Å²) in [5.41, 5.74) is 5.90. The second kappa shape index (κ2) is 5.35. The largest absolute Gasteiger partial charge is 0.459 e. The van der Waals surface area contributed by atoms with E-state index in [1.54, 1.807) is 6.07 Å². The molecular formula is C11H17N3O2S. The molecule has 1 aromatic heterocycles. The molecule has 1 heterocycles. The SMILES string of the molecule is Cc1cc(N)nc(SCC(=O)OC(C)(C)C)n1. The Balaban J connectivity index is 2.53. The fraction of sp³-hybridized carbons (Fsp3) is 0.545. The minimum absolute atomic E-state index is 0.181. The van der Waals surface area contributed by atoms with Gasteiger partial charge in [0, 0.05) is 11.8 Å². The van der Waals surface area contributed by atoms with Crippen molar-refractivity contribution in [2.75, 3.05) is 11.5 Å². The maximum Gasteiger partial charge on any atom is 0.316 e. The molecule has 0 saturated carbocycles. The summed E-state index contributed by atoms with van der Waals surface area (Å²) in [5.74, 6) is 0.301. The number of thioether (sulfide) groups is 1. The quantitative estimate of drug-likeness (QED) is 0.504. The van der Waals surface area contributed by atoms with Crippen LogP contribution >= 0.6 is 11.8 Å². The van der Waals surface area contributed by atoms with Crippen molar-refractivity contribution in [3.8, 4) is 0 Å². The maximum absolute atomic E-state index is 11.5. The molecule has 0 aliphatic heterocycles. The topological polar surface area (TPSA) is 78.1 Å². The highest BCUT2D eigenvalue weighted by atomic mass is 32.2. The van der Waals surface area contributed by atoms with Crippen LogP contribution in [0.2, 0.25) is 0 Å². The number of ether oxygens (including phenoxy) is 1. The summed E-state index contributed by atoms with van der Waals surface area (Å²) in [5, 5.41) is 0.494. The number of nitrogens with two attached hydrogens (primary N) is 1. The van der Waals surface area contributed by atoms with Gasteiger partial charge in [0.25, 0.3) is 0 Å². The monoisotopic (exact) mass is 255 g/mol. The van der Waals surface area contributed by atoms with Crippen LogP contribution in [0.4, 0.5) is 5.82 Å². The molecule has 94 valence electrons. The van der Waals surface area contributed by atoms with E-state index in [1.165, 1.54) is 11.8 Å². The molecule has 1 rings (SSSR count). The first-order chi connectivity index (χ1) is 7.76. The number of nitrogens with zero attached hydrogens (tertiary/aromatic N) is 2. The van der Waals surface area contributed by atoms with Crippen LogP contribution in [0.5, 0.6) is 0 Å². The van der Waals surface area contributed by atoms with Gasteiger partial charge in [0.2, 0.25) is 0 Å². The summed E-state index contributed by atoms with van der Waals surface area (Å²) < 4.78 is 5.17. The lowest BCUT2D eigenvalue weighted by atomic mass is 10.2. The average Bonchev–Trinajstić information content (AvgIpc) is 2.10. The van der Waals surface area contributed by atoms with Crippen molar-refractivity contribution < 1.29 is 9.53 Å². The zero-order valence-corrected chi connectivity index (χ0v) is 11.3. The molecular weight excluding hydrogens is 238 g/mol. The summed E-state index contributed by atoms with van der Waals surface area (Å²) in [7, 11) is 0. The average molecular weight is 255 g/mol. The molecule has 0 unspecified atom stereocenters. The zero-order valence-electron chi connectivity index (χ0n) is 10.5. The molecule has 0 bridgehead atoms. The number of anilines is 1. The molecule has 2 N–H and O–H groups in total.